The van der Waals surface area contributed by atoms with Crippen molar-refractivity contribution in [1.29, 1.82) is 0 Å². The minimum Gasteiger partial charge on any atom is -0.469 e. The lowest BCUT2D eigenvalue weighted by Gasteiger charge is -2.21. The first kappa shape index (κ1) is 23.4. The summed E-state index contributed by atoms with van der Waals surface area (Å²) in [6, 6.07) is 7.23. The molecule has 2 heterocycles. The van der Waals surface area contributed by atoms with Gasteiger partial charge in [-0.05, 0) is 37.1 Å². The van der Waals surface area contributed by atoms with Gasteiger partial charge < -0.3 is 19.5 Å². The van der Waals surface area contributed by atoms with Crippen LogP contribution in [0.3, 0.4) is 0 Å². The summed E-state index contributed by atoms with van der Waals surface area (Å²) in [5.41, 5.74) is 0.824. The Morgan fingerprint density at radius 2 is 2.10 bits per heavy atom. The Hall–Kier alpha value is -1.88. The van der Waals surface area contributed by atoms with Crippen LogP contribution in [0.2, 0.25) is 5.02 Å². The molecule has 8 nitrogen and oxygen atoms in total. The molecule has 1 aliphatic rings. The summed E-state index contributed by atoms with van der Waals surface area (Å²) in [4.78, 5) is 23.0. The fraction of sp³-hybridized carbons (Fsp3) is 0.474. The van der Waals surface area contributed by atoms with Crippen molar-refractivity contribution in [3.05, 3.63) is 35.2 Å². The van der Waals surface area contributed by atoms with Crippen molar-refractivity contribution in [3.8, 4) is 11.4 Å². The highest BCUT2D eigenvalue weighted by molar-refractivity contribution is 14.0. The average molecular weight is 534 g/mol. The zero-order valence-corrected chi connectivity index (χ0v) is 19.7. The number of aromatic nitrogens is 2. The number of aliphatic imine (C=N–C) groups is 1. The minimum absolute atomic E-state index is 0. The van der Waals surface area contributed by atoms with Gasteiger partial charge in [-0.1, -0.05) is 23.7 Å². The minimum atomic E-state index is -0.185. The van der Waals surface area contributed by atoms with Gasteiger partial charge in [-0.15, -0.1) is 24.0 Å². The number of hydrogen-bond donors (Lipinski definition) is 1. The predicted molar refractivity (Wildman–Crippen MR) is 121 cm³/mol. The number of nitrogens with one attached hydrogen (secondary N) is 1. The molecule has 0 radical (unpaired) electrons. The van der Waals surface area contributed by atoms with E-state index < -0.39 is 0 Å². The maximum Gasteiger partial charge on any atom is 0.310 e. The van der Waals surface area contributed by atoms with Gasteiger partial charge >= 0.3 is 5.97 Å². The van der Waals surface area contributed by atoms with Gasteiger partial charge in [0.25, 0.3) is 0 Å². The second kappa shape index (κ2) is 10.8. The molecule has 0 spiro atoms. The molecule has 2 atom stereocenters. The number of benzene rings is 1. The van der Waals surface area contributed by atoms with Crippen LogP contribution >= 0.6 is 35.6 Å². The van der Waals surface area contributed by atoms with Gasteiger partial charge in [0, 0.05) is 30.2 Å². The normalized spacial score (nSPS) is 19.0. The number of guanidine groups is 1. The zero-order chi connectivity index (χ0) is 20.1. The lowest BCUT2D eigenvalue weighted by Crippen LogP contribution is -2.40. The van der Waals surface area contributed by atoms with Crippen LogP contribution in [0.25, 0.3) is 11.4 Å². The van der Waals surface area contributed by atoms with Crippen LogP contribution in [0.1, 0.15) is 19.7 Å². The molecule has 10 heteroatoms. The molecule has 1 aliphatic heterocycles. The van der Waals surface area contributed by atoms with Crippen molar-refractivity contribution in [2.24, 2.45) is 16.8 Å². The molecular formula is C19H25ClIN5O3. The number of carbonyl (C=O) groups excluding carboxylic acids is 1. The van der Waals surface area contributed by atoms with E-state index in [1.165, 1.54) is 7.11 Å². The van der Waals surface area contributed by atoms with Crippen molar-refractivity contribution >= 4 is 47.5 Å². The topological polar surface area (TPSA) is 92.9 Å². The number of likely N-dealkylation sites (tertiary alicyclic amines) is 1. The number of methoxy groups -OCH3 is 1. The van der Waals surface area contributed by atoms with Crippen molar-refractivity contribution in [2.45, 2.75) is 20.4 Å². The van der Waals surface area contributed by atoms with Crippen LogP contribution in [0.5, 0.6) is 0 Å². The molecule has 0 bridgehead atoms. The molecule has 2 aromatic rings. The first-order valence-corrected chi connectivity index (χ1v) is 9.59. The van der Waals surface area contributed by atoms with Gasteiger partial charge in [-0.25, -0.2) is 4.99 Å². The number of nitrogens with zero attached hydrogens (tertiary/aromatic N) is 4. The number of carbonyl (C=O) groups is 1. The molecule has 0 amide bonds. The van der Waals surface area contributed by atoms with Gasteiger partial charge in [0.1, 0.15) is 6.54 Å². The van der Waals surface area contributed by atoms with Crippen LogP contribution in [0.15, 0.2) is 33.8 Å². The highest BCUT2D eigenvalue weighted by Crippen LogP contribution is 2.24. The highest BCUT2D eigenvalue weighted by Gasteiger charge is 2.36. The Kier molecular flexibility index (Phi) is 8.69. The molecule has 29 heavy (non-hydrogen) atoms. The number of esters is 1. The molecule has 1 aromatic heterocycles. The summed E-state index contributed by atoms with van der Waals surface area (Å²) < 4.78 is 10.2. The Morgan fingerprint density at radius 1 is 1.38 bits per heavy atom. The maximum absolute atomic E-state index is 11.9. The van der Waals surface area contributed by atoms with Crippen molar-refractivity contribution < 1.29 is 14.1 Å². The summed E-state index contributed by atoms with van der Waals surface area (Å²) in [5.74, 6) is 1.47. The zero-order valence-electron chi connectivity index (χ0n) is 16.6. The summed E-state index contributed by atoms with van der Waals surface area (Å²) >= 11 is 5.91. The van der Waals surface area contributed by atoms with E-state index in [-0.39, 0.29) is 48.3 Å². The quantitative estimate of drug-likeness (QED) is 0.273. The van der Waals surface area contributed by atoms with Crippen LogP contribution in [-0.2, 0) is 16.1 Å². The predicted octanol–water partition coefficient (Wildman–Crippen LogP) is 3.21. The summed E-state index contributed by atoms with van der Waals surface area (Å²) in [7, 11) is 1.42. The van der Waals surface area contributed by atoms with Gasteiger partial charge in [0.2, 0.25) is 11.7 Å². The Bertz CT molecular complexity index is 843. The summed E-state index contributed by atoms with van der Waals surface area (Å²) in [5, 5.41) is 7.91. The third-order valence-corrected chi connectivity index (χ3v) is 4.94. The highest BCUT2D eigenvalue weighted by atomic mass is 127. The molecule has 2 unspecified atom stereocenters. The molecule has 3 rings (SSSR count). The van der Waals surface area contributed by atoms with Crippen molar-refractivity contribution in [3.63, 3.8) is 0 Å². The Balaban J connectivity index is 0.00000300. The molecule has 0 aliphatic carbocycles. The summed E-state index contributed by atoms with van der Waals surface area (Å²) in [6.07, 6.45) is 0. The van der Waals surface area contributed by atoms with Gasteiger partial charge in [0.05, 0.1) is 13.0 Å². The average Bonchev–Trinajstić information content (AvgIpc) is 3.32. The van der Waals surface area contributed by atoms with E-state index >= 15 is 0 Å². The van der Waals surface area contributed by atoms with E-state index in [0.29, 0.717) is 35.8 Å². The SMILES string of the molecule is CCNC(=NCc1nc(-c2ccc(Cl)cc2)no1)N1CC(C)C(C(=O)OC)C1.I. The smallest absolute Gasteiger partial charge is 0.310 e. The molecular weight excluding hydrogens is 509 g/mol. The van der Waals surface area contributed by atoms with Crippen molar-refractivity contribution in [1.82, 2.24) is 20.4 Å². The standard InChI is InChI=1S/C19H24ClN5O3.HI/c1-4-21-19(25-10-12(2)15(11-25)18(26)27-3)22-9-16-23-17(24-28-16)13-5-7-14(20)8-6-13;/h5-8,12,15H,4,9-11H2,1-3H3,(H,21,22);1H. The first-order chi connectivity index (χ1) is 13.5. The Labute approximate surface area is 192 Å². The lowest BCUT2D eigenvalue weighted by atomic mass is 9.99. The third kappa shape index (κ3) is 5.81. The summed E-state index contributed by atoms with van der Waals surface area (Å²) in [6.45, 7) is 6.30. The number of rotatable bonds is 5. The number of hydrogen-bond acceptors (Lipinski definition) is 6. The fourth-order valence-corrected chi connectivity index (χ4v) is 3.33. The van der Waals surface area contributed by atoms with Gasteiger partial charge in [0.15, 0.2) is 5.96 Å². The van der Waals surface area contributed by atoms with E-state index in [1.807, 2.05) is 26.0 Å². The van der Waals surface area contributed by atoms with Crippen LogP contribution in [0.4, 0.5) is 0 Å². The second-order valence-corrected chi connectivity index (χ2v) is 7.14. The monoisotopic (exact) mass is 533 g/mol. The van der Waals surface area contributed by atoms with E-state index in [9.17, 15) is 4.79 Å². The molecule has 1 saturated heterocycles. The van der Waals surface area contributed by atoms with E-state index in [1.54, 1.807) is 12.1 Å². The van der Waals surface area contributed by atoms with Crippen LogP contribution in [-0.4, -0.2) is 53.7 Å². The molecule has 158 valence electrons. The first-order valence-electron chi connectivity index (χ1n) is 9.21. The van der Waals surface area contributed by atoms with E-state index in [4.69, 9.17) is 20.9 Å². The van der Waals surface area contributed by atoms with Gasteiger partial charge in [-0.3, -0.25) is 4.79 Å². The number of ether oxygens (including phenoxy) is 1. The van der Waals surface area contributed by atoms with Crippen molar-refractivity contribution in [2.75, 3.05) is 26.7 Å². The van der Waals surface area contributed by atoms with Gasteiger partial charge in [-0.2, -0.15) is 4.98 Å². The van der Waals surface area contributed by atoms with Crippen LogP contribution in [0, 0.1) is 11.8 Å². The molecule has 0 saturated carbocycles. The third-order valence-electron chi connectivity index (χ3n) is 4.69. The molecule has 1 fully saturated rings. The van der Waals surface area contributed by atoms with Crippen LogP contribution < -0.4 is 5.32 Å². The Morgan fingerprint density at radius 3 is 2.76 bits per heavy atom. The maximum atomic E-state index is 11.9. The number of halogens is 2. The largest absolute Gasteiger partial charge is 0.469 e. The second-order valence-electron chi connectivity index (χ2n) is 6.70. The lowest BCUT2D eigenvalue weighted by molar-refractivity contribution is -0.145. The molecule has 1 N–H and O–H groups in total. The van der Waals surface area contributed by atoms with E-state index in [0.717, 1.165) is 12.1 Å². The fourth-order valence-electron chi connectivity index (χ4n) is 3.20. The van der Waals surface area contributed by atoms with E-state index in [2.05, 4.69) is 25.3 Å². The molecule has 1 aromatic carbocycles.